The fourth-order valence-electron chi connectivity index (χ4n) is 1.88. The van der Waals surface area contributed by atoms with E-state index in [2.05, 4.69) is 29.8 Å². The number of hydrogen-bond acceptors (Lipinski definition) is 3. The van der Waals surface area contributed by atoms with Crippen molar-refractivity contribution in [2.45, 2.75) is 20.3 Å². The monoisotopic (exact) mass is 315 g/mol. The summed E-state index contributed by atoms with van der Waals surface area (Å²) in [6.07, 6.45) is 0.754. The molecule has 0 spiro atoms. The third-order valence-corrected chi connectivity index (χ3v) is 4.10. The van der Waals surface area contributed by atoms with E-state index in [0.29, 0.717) is 19.1 Å². The van der Waals surface area contributed by atoms with Crippen LogP contribution in [0.5, 0.6) is 5.75 Å². The highest BCUT2D eigenvalue weighted by atomic mass is 79.9. The van der Waals surface area contributed by atoms with Crippen LogP contribution >= 0.6 is 15.9 Å². The van der Waals surface area contributed by atoms with E-state index in [1.165, 1.54) is 0 Å². The van der Waals surface area contributed by atoms with Gasteiger partial charge in [0.15, 0.2) is 0 Å². The molecule has 18 heavy (non-hydrogen) atoms. The minimum absolute atomic E-state index is 0.100. The summed E-state index contributed by atoms with van der Waals surface area (Å²) in [5.74, 6) is 1.16. The Labute approximate surface area is 117 Å². The number of hydrogen-bond donors (Lipinski definition) is 2. The summed E-state index contributed by atoms with van der Waals surface area (Å²) in [6.45, 7) is 5.31. The van der Waals surface area contributed by atoms with E-state index in [1.54, 1.807) is 0 Å². The summed E-state index contributed by atoms with van der Waals surface area (Å²) in [5.41, 5.74) is 5.56. The summed E-state index contributed by atoms with van der Waals surface area (Å²) >= 11 is 3.40. The highest BCUT2D eigenvalue weighted by molar-refractivity contribution is 9.10. The molecule has 3 nitrogen and oxygen atoms in total. The molecule has 0 fully saturated rings. The van der Waals surface area contributed by atoms with E-state index in [4.69, 9.17) is 10.5 Å². The standard InChI is InChI=1S/C14H22BrNO2/c1-11(2)14(9-16,10-17)6-7-18-13-5-3-4-12(15)8-13/h3-5,8,11,17H,6-7,9-10,16H2,1-2H3. The maximum atomic E-state index is 9.55. The summed E-state index contributed by atoms with van der Waals surface area (Å²) in [4.78, 5) is 0. The van der Waals surface area contributed by atoms with Gasteiger partial charge in [0, 0.05) is 16.4 Å². The summed E-state index contributed by atoms with van der Waals surface area (Å²) < 4.78 is 6.70. The van der Waals surface area contributed by atoms with Gasteiger partial charge in [-0.2, -0.15) is 0 Å². The molecule has 0 aromatic heterocycles. The molecule has 3 N–H and O–H groups in total. The van der Waals surface area contributed by atoms with Crippen LogP contribution in [0.4, 0.5) is 0 Å². The Morgan fingerprint density at radius 3 is 2.67 bits per heavy atom. The predicted molar refractivity (Wildman–Crippen MR) is 77.7 cm³/mol. The molecular formula is C14H22BrNO2. The number of nitrogens with two attached hydrogens (primary N) is 1. The fraction of sp³-hybridized carbons (Fsp3) is 0.571. The number of aliphatic hydroxyl groups is 1. The van der Waals surface area contributed by atoms with Crippen LogP contribution in [0.3, 0.4) is 0 Å². The Kier molecular flexibility index (Phi) is 6.12. The van der Waals surface area contributed by atoms with Gasteiger partial charge < -0.3 is 15.6 Å². The van der Waals surface area contributed by atoms with Crippen molar-refractivity contribution in [3.63, 3.8) is 0 Å². The van der Waals surface area contributed by atoms with Crippen LogP contribution in [0.25, 0.3) is 0 Å². The SMILES string of the molecule is CC(C)C(CN)(CO)CCOc1cccc(Br)c1. The first-order valence-electron chi connectivity index (χ1n) is 6.23. The molecule has 0 aliphatic carbocycles. The molecule has 0 saturated carbocycles. The number of aliphatic hydroxyl groups excluding tert-OH is 1. The zero-order chi connectivity index (χ0) is 13.6. The van der Waals surface area contributed by atoms with Crippen molar-refractivity contribution in [2.24, 2.45) is 17.1 Å². The molecule has 1 atom stereocenters. The highest BCUT2D eigenvalue weighted by Crippen LogP contribution is 2.30. The molecular weight excluding hydrogens is 294 g/mol. The highest BCUT2D eigenvalue weighted by Gasteiger charge is 2.31. The van der Waals surface area contributed by atoms with Gasteiger partial charge >= 0.3 is 0 Å². The van der Waals surface area contributed by atoms with E-state index >= 15 is 0 Å². The molecule has 0 radical (unpaired) electrons. The Bertz CT molecular complexity index is 365. The number of ether oxygens (including phenoxy) is 1. The second-order valence-electron chi connectivity index (χ2n) is 4.94. The van der Waals surface area contributed by atoms with E-state index in [9.17, 15) is 5.11 Å². The van der Waals surface area contributed by atoms with Crippen molar-refractivity contribution in [1.29, 1.82) is 0 Å². The van der Waals surface area contributed by atoms with Gasteiger partial charge in [0.05, 0.1) is 13.2 Å². The van der Waals surface area contributed by atoms with Crippen LogP contribution in [0, 0.1) is 11.3 Å². The average Bonchev–Trinajstić information content (AvgIpc) is 2.35. The third-order valence-electron chi connectivity index (χ3n) is 3.61. The first kappa shape index (κ1) is 15.5. The largest absolute Gasteiger partial charge is 0.494 e. The van der Waals surface area contributed by atoms with Gasteiger partial charge in [0.25, 0.3) is 0 Å². The first-order chi connectivity index (χ1) is 8.54. The van der Waals surface area contributed by atoms with Gasteiger partial charge in [0.2, 0.25) is 0 Å². The van der Waals surface area contributed by atoms with Crippen molar-refractivity contribution in [3.8, 4) is 5.75 Å². The molecule has 0 amide bonds. The lowest BCUT2D eigenvalue weighted by Crippen LogP contribution is -2.40. The van der Waals surface area contributed by atoms with Gasteiger partial charge in [-0.3, -0.25) is 0 Å². The van der Waals surface area contributed by atoms with E-state index in [1.807, 2.05) is 24.3 Å². The minimum Gasteiger partial charge on any atom is -0.494 e. The number of benzene rings is 1. The van der Waals surface area contributed by atoms with Crippen LogP contribution in [-0.2, 0) is 0 Å². The third kappa shape index (κ3) is 3.97. The first-order valence-corrected chi connectivity index (χ1v) is 7.02. The minimum atomic E-state index is -0.244. The van der Waals surface area contributed by atoms with Crippen LogP contribution < -0.4 is 10.5 Å². The summed E-state index contributed by atoms with van der Waals surface area (Å²) in [5, 5.41) is 9.55. The molecule has 4 heteroatoms. The maximum Gasteiger partial charge on any atom is 0.120 e. The Morgan fingerprint density at radius 2 is 2.17 bits per heavy atom. The van der Waals surface area contributed by atoms with Gasteiger partial charge in [-0.25, -0.2) is 0 Å². The molecule has 0 aliphatic rings. The smallest absolute Gasteiger partial charge is 0.120 e. The normalized spacial score (nSPS) is 14.6. The molecule has 0 aliphatic heterocycles. The van der Waals surface area contributed by atoms with E-state index in [0.717, 1.165) is 16.6 Å². The van der Waals surface area contributed by atoms with Crippen molar-refractivity contribution >= 4 is 15.9 Å². The van der Waals surface area contributed by atoms with Gasteiger partial charge in [0.1, 0.15) is 5.75 Å². The zero-order valence-corrected chi connectivity index (χ0v) is 12.6. The second kappa shape index (κ2) is 7.12. The molecule has 1 rings (SSSR count). The molecule has 0 heterocycles. The fourth-order valence-corrected chi connectivity index (χ4v) is 2.26. The van der Waals surface area contributed by atoms with Crippen molar-refractivity contribution in [3.05, 3.63) is 28.7 Å². The molecule has 1 aromatic rings. The molecule has 1 unspecified atom stereocenters. The lowest BCUT2D eigenvalue weighted by molar-refractivity contribution is 0.0596. The van der Waals surface area contributed by atoms with Gasteiger partial charge in [-0.05, 0) is 30.5 Å². The van der Waals surface area contributed by atoms with Gasteiger partial charge in [-0.15, -0.1) is 0 Å². The van der Waals surface area contributed by atoms with Crippen LogP contribution in [0.15, 0.2) is 28.7 Å². The van der Waals surface area contributed by atoms with Gasteiger partial charge in [-0.1, -0.05) is 35.8 Å². The van der Waals surface area contributed by atoms with E-state index < -0.39 is 0 Å². The predicted octanol–water partition coefficient (Wildman–Crippen LogP) is 2.81. The quantitative estimate of drug-likeness (QED) is 0.813. The molecule has 1 aromatic carbocycles. The lowest BCUT2D eigenvalue weighted by atomic mass is 9.75. The number of halogens is 1. The molecule has 0 bridgehead atoms. The van der Waals surface area contributed by atoms with Crippen LogP contribution in [0.1, 0.15) is 20.3 Å². The summed E-state index contributed by atoms with van der Waals surface area (Å²) in [6, 6.07) is 7.74. The maximum absolute atomic E-state index is 9.55. The second-order valence-corrected chi connectivity index (χ2v) is 5.85. The Morgan fingerprint density at radius 1 is 1.44 bits per heavy atom. The molecule has 0 saturated heterocycles. The zero-order valence-electron chi connectivity index (χ0n) is 11.0. The van der Waals surface area contributed by atoms with Crippen molar-refractivity contribution < 1.29 is 9.84 Å². The van der Waals surface area contributed by atoms with E-state index in [-0.39, 0.29) is 12.0 Å². The van der Waals surface area contributed by atoms with Crippen LogP contribution in [0.2, 0.25) is 0 Å². The number of rotatable bonds is 7. The van der Waals surface area contributed by atoms with Crippen molar-refractivity contribution in [2.75, 3.05) is 19.8 Å². The lowest BCUT2D eigenvalue weighted by Gasteiger charge is -2.34. The molecule has 102 valence electrons. The van der Waals surface area contributed by atoms with Crippen molar-refractivity contribution in [1.82, 2.24) is 0 Å². The van der Waals surface area contributed by atoms with Crippen LogP contribution in [-0.4, -0.2) is 24.9 Å². The average molecular weight is 316 g/mol. The Hall–Kier alpha value is -0.580. The topological polar surface area (TPSA) is 55.5 Å². The Balaban J connectivity index is 2.54. The summed E-state index contributed by atoms with van der Waals surface area (Å²) in [7, 11) is 0.